The fourth-order valence-corrected chi connectivity index (χ4v) is 1.81. The summed E-state index contributed by atoms with van der Waals surface area (Å²) in [6.07, 6.45) is 1.67. The van der Waals surface area contributed by atoms with E-state index in [2.05, 4.69) is 25.9 Å². The molecule has 0 bridgehead atoms. The van der Waals surface area contributed by atoms with E-state index in [4.69, 9.17) is 4.74 Å². The lowest BCUT2D eigenvalue weighted by molar-refractivity contribution is -0.114. The summed E-state index contributed by atoms with van der Waals surface area (Å²) in [6.45, 7) is 2.74. The summed E-state index contributed by atoms with van der Waals surface area (Å²) in [5.41, 5.74) is 1.51. The van der Waals surface area contributed by atoms with Crippen LogP contribution in [-0.4, -0.2) is 36.1 Å². The maximum atomic E-state index is 11.1. The molecule has 1 aromatic carbocycles. The molecule has 0 aliphatic heterocycles. The van der Waals surface area contributed by atoms with Crippen LogP contribution in [-0.2, 0) is 9.53 Å². The third-order valence-electron chi connectivity index (χ3n) is 2.71. The van der Waals surface area contributed by atoms with Crippen LogP contribution in [0.1, 0.15) is 6.92 Å². The van der Waals surface area contributed by atoms with Gasteiger partial charge in [-0.25, -0.2) is 4.98 Å². The van der Waals surface area contributed by atoms with E-state index in [1.165, 1.54) is 6.92 Å². The van der Waals surface area contributed by atoms with Gasteiger partial charge in [0.2, 0.25) is 11.9 Å². The van der Waals surface area contributed by atoms with Crippen LogP contribution in [0.5, 0.6) is 0 Å². The van der Waals surface area contributed by atoms with Crippen LogP contribution in [0.15, 0.2) is 36.5 Å². The number of hydrogen-bond acceptors (Lipinski definition) is 6. The number of ether oxygens (including phenoxy) is 1. The van der Waals surface area contributed by atoms with Crippen molar-refractivity contribution >= 4 is 29.0 Å². The molecule has 0 aliphatic rings. The second-order valence-electron chi connectivity index (χ2n) is 4.57. The van der Waals surface area contributed by atoms with Crippen molar-refractivity contribution in [2.75, 3.05) is 36.2 Å². The molecule has 0 atom stereocenters. The topological polar surface area (TPSA) is 88.2 Å². The monoisotopic (exact) mass is 301 g/mol. The van der Waals surface area contributed by atoms with Crippen molar-refractivity contribution < 1.29 is 9.53 Å². The van der Waals surface area contributed by atoms with Crippen LogP contribution in [0.3, 0.4) is 0 Å². The first-order valence-corrected chi connectivity index (χ1v) is 6.88. The highest BCUT2D eigenvalue weighted by atomic mass is 16.5. The highest BCUT2D eigenvalue weighted by Gasteiger charge is 2.02. The Bertz CT molecular complexity index is 633. The van der Waals surface area contributed by atoms with Crippen LogP contribution in [0.25, 0.3) is 0 Å². The zero-order chi connectivity index (χ0) is 15.8. The quantitative estimate of drug-likeness (QED) is 0.680. The molecule has 3 N–H and O–H groups in total. The molecule has 7 heteroatoms. The Hall–Kier alpha value is -2.67. The molecule has 7 nitrogen and oxygen atoms in total. The molecule has 2 aromatic rings. The van der Waals surface area contributed by atoms with Crippen molar-refractivity contribution in [1.29, 1.82) is 0 Å². The molecule has 0 saturated heterocycles. The maximum Gasteiger partial charge on any atom is 0.229 e. The minimum atomic E-state index is -0.113. The van der Waals surface area contributed by atoms with Crippen molar-refractivity contribution in [1.82, 2.24) is 9.97 Å². The van der Waals surface area contributed by atoms with Gasteiger partial charge in [-0.3, -0.25) is 4.79 Å². The second kappa shape index (κ2) is 7.94. The summed E-state index contributed by atoms with van der Waals surface area (Å²) in [7, 11) is 1.65. The van der Waals surface area contributed by atoms with Crippen molar-refractivity contribution in [3.8, 4) is 0 Å². The zero-order valence-corrected chi connectivity index (χ0v) is 12.6. The third-order valence-corrected chi connectivity index (χ3v) is 2.71. The molecule has 2 rings (SSSR count). The van der Waals surface area contributed by atoms with Gasteiger partial charge in [0, 0.05) is 38.1 Å². The molecule has 0 spiro atoms. The average molecular weight is 301 g/mol. The molecule has 116 valence electrons. The molecule has 1 amide bonds. The minimum absolute atomic E-state index is 0.113. The number of rotatable bonds is 7. The fourth-order valence-electron chi connectivity index (χ4n) is 1.81. The molecular formula is C15H19N5O2. The number of anilines is 4. The Morgan fingerprint density at radius 1 is 1.27 bits per heavy atom. The lowest BCUT2D eigenvalue weighted by atomic mass is 10.3. The van der Waals surface area contributed by atoms with E-state index >= 15 is 0 Å². The molecule has 0 aliphatic carbocycles. The lowest BCUT2D eigenvalue weighted by Gasteiger charge is -2.09. The van der Waals surface area contributed by atoms with Crippen molar-refractivity contribution in [3.63, 3.8) is 0 Å². The van der Waals surface area contributed by atoms with Crippen molar-refractivity contribution in [2.24, 2.45) is 0 Å². The van der Waals surface area contributed by atoms with Crippen LogP contribution in [0, 0.1) is 0 Å². The Balaban J connectivity index is 2.03. The molecular weight excluding hydrogens is 282 g/mol. The number of nitrogens with zero attached hydrogens (tertiary/aromatic N) is 2. The highest BCUT2D eigenvalue weighted by Crippen LogP contribution is 2.18. The molecule has 0 saturated carbocycles. The lowest BCUT2D eigenvalue weighted by Crippen LogP contribution is -2.10. The van der Waals surface area contributed by atoms with Gasteiger partial charge in [-0.15, -0.1) is 0 Å². The summed E-state index contributed by atoms with van der Waals surface area (Å²) < 4.78 is 4.98. The van der Waals surface area contributed by atoms with Crippen molar-refractivity contribution in [2.45, 2.75) is 6.92 Å². The number of hydrogen-bond donors (Lipinski definition) is 3. The fraction of sp³-hybridized carbons (Fsp3) is 0.267. The number of nitrogens with one attached hydrogen (secondary N) is 3. The zero-order valence-electron chi connectivity index (χ0n) is 12.6. The predicted octanol–water partition coefficient (Wildman–Crippen LogP) is 2.24. The van der Waals surface area contributed by atoms with Crippen LogP contribution >= 0.6 is 0 Å². The largest absolute Gasteiger partial charge is 0.383 e. The first kappa shape index (κ1) is 15.7. The predicted molar refractivity (Wildman–Crippen MR) is 86.4 cm³/mol. The number of amides is 1. The van der Waals surface area contributed by atoms with E-state index in [9.17, 15) is 4.79 Å². The van der Waals surface area contributed by atoms with Gasteiger partial charge in [0.05, 0.1) is 6.61 Å². The molecule has 0 unspecified atom stereocenters. The Morgan fingerprint density at radius 2 is 2.09 bits per heavy atom. The van der Waals surface area contributed by atoms with E-state index < -0.39 is 0 Å². The third kappa shape index (κ3) is 5.02. The number of carbonyl (C=O) groups excluding carboxylic acids is 1. The standard InChI is InChI=1S/C15H19N5O2/c1-11(21)18-12-4-3-5-13(10-12)19-15-17-7-6-14(20-15)16-8-9-22-2/h3-7,10H,8-9H2,1-2H3,(H,18,21)(H2,16,17,19,20). The van der Waals surface area contributed by atoms with Gasteiger partial charge in [-0.2, -0.15) is 4.98 Å². The number of aromatic nitrogens is 2. The smallest absolute Gasteiger partial charge is 0.229 e. The molecule has 1 aromatic heterocycles. The van der Waals surface area contributed by atoms with Crippen LogP contribution in [0.2, 0.25) is 0 Å². The minimum Gasteiger partial charge on any atom is -0.383 e. The number of carbonyl (C=O) groups is 1. The molecule has 0 fully saturated rings. The molecule has 0 radical (unpaired) electrons. The van der Waals surface area contributed by atoms with E-state index in [-0.39, 0.29) is 5.91 Å². The van der Waals surface area contributed by atoms with Crippen LogP contribution < -0.4 is 16.0 Å². The first-order chi connectivity index (χ1) is 10.7. The normalized spacial score (nSPS) is 10.1. The first-order valence-electron chi connectivity index (χ1n) is 6.88. The van der Waals surface area contributed by atoms with Gasteiger partial charge < -0.3 is 20.7 Å². The highest BCUT2D eigenvalue weighted by molar-refractivity contribution is 5.89. The van der Waals surface area contributed by atoms with Gasteiger partial charge in [-0.1, -0.05) is 6.07 Å². The Morgan fingerprint density at radius 3 is 2.86 bits per heavy atom. The Labute approximate surface area is 129 Å². The van der Waals surface area contributed by atoms with Gasteiger partial charge >= 0.3 is 0 Å². The maximum absolute atomic E-state index is 11.1. The van der Waals surface area contributed by atoms with Gasteiger partial charge in [0.15, 0.2) is 0 Å². The van der Waals surface area contributed by atoms with E-state index in [0.29, 0.717) is 30.6 Å². The summed E-state index contributed by atoms with van der Waals surface area (Å²) in [6, 6.07) is 9.13. The SMILES string of the molecule is COCCNc1ccnc(Nc2cccc(NC(C)=O)c2)n1. The summed E-state index contributed by atoms with van der Waals surface area (Å²) in [5.74, 6) is 1.08. The van der Waals surface area contributed by atoms with Gasteiger partial charge in [0.25, 0.3) is 0 Å². The number of benzene rings is 1. The number of methoxy groups -OCH3 is 1. The van der Waals surface area contributed by atoms with Crippen LogP contribution in [0.4, 0.5) is 23.1 Å². The summed E-state index contributed by atoms with van der Waals surface area (Å²) in [5, 5.41) is 8.97. The molecule has 1 heterocycles. The van der Waals surface area contributed by atoms with E-state index in [0.717, 1.165) is 5.69 Å². The molecule has 22 heavy (non-hydrogen) atoms. The Kier molecular flexibility index (Phi) is 5.67. The average Bonchev–Trinajstić information content (AvgIpc) is 2.47. The summed E-state index contributed by atoms with van der Waals surface area (Å²) >= 11 is 0. The summed E-state index contributed by atoms with van der Waals surface area (Å²) in [4.78, 5) is 19.6. The van der Waals surface area contributed by atoms with E-state index in [1.807, 2.05) is 24.3 Å². The van der Waals surface area contributed by atoms with Gasteiger partial charge in [0.1, 0.15) is 5.82 Å². The van der Waals surface area contributed by atoms with E-state index in [1.54, 1.807) is 19.4 Å². The second-order valence-corrected chi connectivity index (χ2v) is 4.57. The van der Waals surface area contributed by atoms with Gasteiger partial charge in [-0.05, 0) is 24.3 Å². The van der Waals surface area contributed by atoms with Crippen molar-refractivity contribution in [3.05, 3.63) is 36.5 Å².